The van der Waals surface area contributed by atoms with E-state index < -0.39 is 0 Å². The van der Waals surface area contributed by atoms with Crippen LogP contribution < -0.4 is 0 Å². The van der Waals surface area contributed by atoms with Gasteiger partial charge >= 0.3 is 0 Å². The van der Waals surface area contributed by atoms with E-state index in [-0.39, 0.29) is 13.2 Å². The van der Waals surface area contributed by atoms with Gasteiger partial charge in [0, 0.05) is 14.2 Å². The van der Waals surface area contributed by atoms with E-state index in [4.69, 9.17) is 10.2 Å². The molecule has 1 rings (SSSR count). The Balaban J connectivity index is 0. The molecule has 76 valence electrons. The molecule has 0 aromatic carbocycles. The van der Waals surface area contributed by atoms with E-state index in [1.807, 2.05) is 0 Å². The van der Waals surface area contributed by atoms with Crippen molar-refractivity contribution in [2.45, 2.75) is 32.1 Å². The summed E-state index contributed by atoms with van der Waals surface area (Å²) in [5, 5.41) is 15.2. The molecule has 3 heteroatoms. The topological polar surface area (TPSA) is 49.7 Å². The van der Waals surface area contributed by atoms with E-state index in [0.29, 0.717) is 0 Å². The maximum Gasteiger partial charge on any atom is 0.0662 e. The van der Waals surface area contributed by atoms with E-state index >= 15 is 0 Å². The lowest BCUT2D eigenvalue weighted by molar-refractivity contribution is 0.186. The molecule has 1 fully saturated rings. The van der Waals surface area contributed by atoms with Crippen LogP contribution in [0.1, 0.15) is 32.1 Å². The van der Waals surface area contributed by atoms with E-state index in [1.54, 1.807) is 14.2 Å². The van der Waals surface area contributed by atoms with Gasteiger partial charge in [-0.1, -0.05) is 32.1 Å². The Morgan fingerprint density at radius 1 is 0.833 bits per heavy atom. The van der Waals surface area contributed by atoms with Crippen LogP contribution in [0, 0.1) is 0 Å². The molecule has 0 radical (unpaired) electrons. The van der Waals surface area contributed by atoms with Gasteiger partial charge in [-0.3, -0.25) is 0 Å². The van der Waals surface area contributed by atoms with Crippen LogP contribution in [-0.2, 0) is 4.74 Å². The van der Waals surface area contributed by atoms with Gasteiger partial charge in [-0.25, -0.2) is 0 Å². The first-order chi connectivity index (χ1) is 5.83. The summed E-state index contributed by atoms with van der Waals surface area (Å²) in [6.07, 6.45) is 7.50. The number of aliphatic hydroxyl groups is 2. The van der Waals surface area contributed by atoms with Crippen LogP contribution in [0.4, 0.5) is 0 Å². The second-order valence-corrected chi connectivity index (χ2v) is 2.62. The lowest BCUT2D eigenvalue weighted by Crippen LogP contribution is -1.85. The summed E-state index contributed by atoms with van der Waals surface area (Å²) in [6, 6.07) is 0. The molecule has 0 aliphatic heterocycles. The van der Waals surface area contributed by atoms with Crippen LogP contribution >= 0.6 is 0 Å². The Bertz CT molecular complexity index is 44.1. The third-order valence-corrected chi connectivity index (χ3v) is 1.35. The average Bonchev–Trinajstić information content (AvgIpc) is 2.62. The van der Waals surface area contributed by atoms with Crippen LogP contribution in [0.3, 0.4) is 0 Å². The normalized spacial score (nSPS) is 14.0. The Kier molecular flexibility index (Phi) is 20.5. The SMILES string of the molecule is C1CCCC1.COC.OCCO. The largest absolute Gasteiger partial charge is 0.394 e. The zero-order valence-corrected chi connectivity index (χ0v) is 8.25. The molecule has 1 aliphatic carbocycles. The third kappa shape index (κ3) is 22.5. The van der Waals surface area contributed by atoms with Crippen molar-refractivity contribution in [2.75, 3.05) is 27.4 Å². The molecule has 1 aliphatic rings. The first kappa shape index (κ1) is 14.4. The fourth-order valence-corrected chi connectivity index (χ4v) is 0.884. The minimum Gasteiger partial charge on any atom is -0.394 e. The van der Waals surface area contributed by atoms with Gasteiger partial charge in [0.2, 0.25) is 0 Å². The third-order valence-electron chi connectivity index (χ3n) is 1.35. The van der Waals surface area contributed by atoms with Crippen molar-refractivity contribution in [2.24, 2.45) is 0 Å². The van der Waals surface area contributed by atoms with Gasteiger partial charge in [-0.2, -0.15) is 0 Å². The van der Waals surface area contributed by atoms with Gasteiger partial charge < -0.3 is 14.9 Å². The predicted octanol–water partition coefficient (Wildman–Crippen LogP) is 1.18. The van der Waals surface area contributed by atoms with Crippen LogP contribution in [0.5, 0.6) is 0 Å². The van der Waals surface area contributed by atoms with Crippen molar-refractivity contribution in [3.8, 4) is 0 Å². The van der Waals surface area contributed by atoms with E-state index in [9.17, 15) is 0 Å². The summed E-state index contributed by atoms with van der Waals surface area (Å²) in [4.78, 5) is 0. The van der Waals surface area contributed by atoms with Gasteiger partial charge in [0.1, 0.15) is 0 Å². The number of hydrogen-bond donors (Lipinski definition) is 2. The van der Waals surface area contributed by atoms with E-state index in [2.05, 4.69) is 4.74 Å². The number of hydrogen-bond acceptors (Lipinski definition) is 3. The molecule has 0 aromatic rings. The first-order valence-corrected chi connectivity index (χ1v) is 4.45. The minimum absolute atomic E-state index is 0.125. The Morgan fingerprint density at radius 3 is 1.08 bits per heavy atom. The summed E-state index contributed by atoms with van der Waals surface area (Å²) in [5.74, 6) is 0. The van der Waals surface area contributed by atoms with Crippen molar-refractivity contribution >= 4 is 0 Å². The first-order valence-electron chi connectivity index (χ1n) is 4.45. The molecule has 0 unspecified atom stereocenters. The number of rotatable bonds is 1. The Morgan fingerprint density at radius 2 is 1.00 bits per heavy atom. The highest BCUT2D eigenvalue weighted by Crippen LogP contribution is 2.15. The fourth-order valence-electron chi connectivity index (χ4n) is 0.884. The highest BCUT2D eigenvalue weighted by molar-refractivity contribution is 4.51. The molecule has 1 saturated carbocycles. The second kappa shape index (κ2) is 17.1. The molecule has 0 bridgehead atoms. The van der Waals surface area contributed by atoms with Crippen molar-refractivity contribution in [3.05, 3.63) is 0 Å². The molecule has 0 aromatic heterocycles. The van der Waals surface area contributed by atoms with Crippen molar-refractivity contribution in [1.29, 1.82) is 0 Å². The molecular weight excluding hydrogens is 156 g/mol. The monoisotopic (exact) mass is 178 g/mol. The van der Waals surface area contributed by atoms with Crippen LogP contribution in [0.2, 0.25) is 0 Å². The second-order valence-electron chi connectivity index (χ2n) is 2.62. The molecule has 12 heavy (non-hydrogen) atoms. The molecule has 2 N–H and O–H groups in total. The fraction of sp³-hybridized carbons (Fsp3) is 1.00. The van der Waals surface area contributed by atoms with Gasteiger partial charge in [0.25, 0.3) is 0 Å². The van der Waals surface area contributed by atoms with Crippen LogP contribution in [0.15, 0.2) is 0 Å². The zero-order valence-electron chi connectivity index (χ0n) is 8.25. The van der Waals surface area contributed by atoms with Crippen molar-refractivity contribution in [3.63, 3.8) is 0 Å². The smallest absolute Gasteiger partial charge is 0.0662 e. The summed E-state index contributed by atoms with van der Waals surface area (Å²) in [7, 11) is 3.25. The maximum atomic E-state index is 7.62. The molecule has 0 spiro atoms. The lowest BCUT2D eigenvalue weighted by Gasteiger charge is -1.70. The quantitative estimate of drug-likeness (QED) is 0.634. The summed E-state index contributed by atoms with van der Waals surface area (Å²) in [6.45, 7) is -0.250. The van der Waals surface area contributed by atoms with Gasteiger partial charge in [-0.15, -0.1) is 0 Å². The maximum absolute atomic E-state index is 7.62. The molecule has 0 amide bonds. The van der Waals surface area contributed by atoms with Gasteiger partial charge in [-0.05, 0) is 0 Å². The van der Waals surface area contributed by atoms with E-state index in [1.165, 1.54) is 32.1 Å². The highest BCUT2D eigenvalue weighted by Gasteiger charge is 1.95. The molecular formula is C9H22O3. The van der Waals surface area contributed by atoms with Crippen molar-refractivity contribution in [1.82, 2.24) is 0 Å². The summed E-state index contributed by atoms with van der Waals surface area (Å²) in [5.41, 5.74) is 0. The summed E-state index contributed by atoms with van der Waals surface area (Å²) < 4.78 is 4.25. The average molecular weight is 178 g/mol. The standard InChI is InChI=1S/C5H10.C2H6O2.C2H6O/c1-2-4-5-3-1;3-1-2-4;1-3-2/h1-5H2;3-4H,1-2H2;1-2H3. The number of methoxy groups -OCH3 is 1. The minimum atomic E-state index is -0.125. The Hall–Kier alpha value is -0.120. The molecule has 3 nitrogen and oxygen atoms in total. The predicted molar refractivity (Wildman–Crippen MR) is 50.2 cm³/mol. The number of aliphatic hydroxyl groups excluding tert-OH is 2. The zero-order chi connectivity index (χ0) is 9.66. The molecule has 0 atom stereocenters. The van der Waals surface area contributed by atoms with Crippen molar-refractivity contribution < 1.29 is 14.9 Å². The lowest BCUT2D eigenvalue weighted by atomic mass is 10.4. The molecule has 0 heterocycles. The number of ether oxygens (including phenoxy) is 1. The molecule has 0 saturated heterocycles. The van der Waals surface area contributed by atoms with Gasteiger partial charge in [0.05, 0.1) is 13.2 Å². The van der Waals surface area contributed by atoms with Crippen LogP contribution in [0.25, 0.3) is 0 Å². The van der Waals surface area contributed by atoms with Gasteiger partial charge in [0.15, 0.2) is 0 Å². The highest BCUT2D eigenvalue weighted by atomic mass is 16.4. The Labute approximate surface area is 75.4 Å². The van der Waals surface area contributed by atoms with E-state index in [0.717, 1.165) is 0 Å². The van der Waals surface area contributed by atoms with Crippen LogP contribution in [-0.4, -0.2) is 37.6 Å². The summed E-state index contributed by atoms with van der Waals surface area (Å²) >= 11 is 0.